The summed E-state index contributed by atoms with van der Waals surface area (Å²) in [6, 6.07) is 0. The van der Waals surface area contributed by atoms with Crippen LogP contribution < -0.4 is 0 Å². The zero-order chi connectivity index (χ0) is 29.1. The lowest BCUT2D eigenvalue weighted by Gasteiger charge is -2.39. The highest BCUT2D eigenvalue weighted by Gasteiger charge is 2.66. The first kappa shape index (κ1) is 30.9. The van der Waals surface area contributed by atoms with Gasteiger partial charge in [0.05, 0.1) is 11.8 Å². The summed E-state index contributed by atoms with van der Waals surface area (Å²) in [6.07, 6.45) is 4.24. The Bertz CT molecular complexity index is 1050. The maximum atomic E-state index is 13.1. The Labute approximate surface area is 231 Å². The normalized spacial score (nSPS) is 34.1. The van der Waals surface area contributed by atoms with Crippen LogP contribution in [0.25, 0.3) is 0 Å². The average molecular weight is 548 g/mol. The van der Waals surface area contributed by atoms with Gasteiger partial charge in [0.1, 0.15) is 11.2 Å². The predicted molar refractivity (Wildman–Crippen MR) is 145 cm³/mol. The zero-order valence-electron chi connectivity index (χ0n) is 24.4. The van der Waals surface area contributed by atoms with Crippen molar-refractivity contribution in [3.8, 4) is 0 Å². The van der Waals surface area contributed by atoms with Crippen molar-refractivity contribution in [2.45, 2.75) is 129 Å². The molecule has 0 aromatic carbocycles. The van der Waals surface area contributed by atoms with E-state index in [1.165, 1.54) is 6.92 Å². The molecule has 2 N–H and O–H groups in total. The van der Waals surface area contributed by atoms with E-state index in [0.29, 0.717) is 23.1 Å². The second kappa shape index (κ2) is 12.2. The molecule has 1 saturated carbocycles. The number of hydrogen-bond donors (Lipinski definition) is 2. The highest BCUT2D eigenvalue weighted by atomic mass is 16.6. The number of rotatable bonds is 10. The van der Waals surface area contributed by atoms with Gasteiger partial charge in [0, 0.05) is 18.9 Å². The third kappa shape index (κ3) is 6.08. The van der Waals surface area contributed by atoms with Crippen LogP contribution in [0.2, 0.25) is 0 Å². The maximum absolute atomic E-state index is 13.1. The maximum Gasteiger partial charge on any atom is 0.334 e. The molecular weight excluding hydrogens is 502 g/mol. The van der Waals surface area contributed by atoms with Crippen molar-refractivity contribution in [3.63, 3.8) is 0 Å². The summed E-state index contributed by atoms with van der Waals surface area (Å²) in [4.78, 5) is 38.4. The fourth-order valence-corrected chi connectivity index (χ4v) is 6.26. The van der Waals surface area contributed by atoms with Crippen LogP contribution in [0.4, 0.5) is 0 Å². The van der Waals surface area contributed by atoms with E-state index in [-0.39, 0.29) is 25.2 Å². The molecule has 3 aliphatic rings. The minimum absolute atomic E-state index is 0.0385. The lowest BCUT2D eigenvalue weighted by Crippen LogP contribution is -2.49. The molecule has 1 heterocycles. The van der Waals surface area contributed by atoms with Crippen molar-refractivity contribution >= 4 is 23.8 Å². The molecule has 7 unspecified atom stereocenters. The van der Waals surface area contributed by atoms with E-state index in [1.54, 1.807) is 40.7 Å². The molecule has 0 aromatic heterocycles. The van der Waals surface area contributed by atoms with Crippen LogP contribution in [0.15, 0.2) is 22.8 Å². The van der Waals surface area contributed by atoms with Crippen molar-refractivity contribution in [3.05, 3.63) is 22.8 Å². The van der Waals surface area contributed by atoms with E-state index in [0.717, 1.165) is 25.7 Å². The van der Waals surface area contributed by atoms with Gasteiger partial charge in [-0.25, -0.2) is 4.79 Å². The number of aliphatic hydroxyl groups is 1. The van der Waals surface area contributed by atoms with Gasteiger partial charge in [0.15, 0.2) is 24.2 Å². The van der Waals surface area contributed by atoms with Gasteiger partial charge in [-0.1, -0.05) is 45.6 Å². The molecule has 39 heavy (non-hydrogen) atoms. The lowest BCUT2D eigenvalue weighted by molar-refractivity contribution is -0.180. The molecule has 1 saturated heterocycles. The van der Waals surface area contributed by atoms with Gasteiger partial charge < -0.3 is 24.1 Å². The van der Waals surface area contributed by atoms with E-state index in [4.69, 9.17) is 24.4 Å². The van der Waals surface area contributed by atoms with E-state index < -0.39 is 59.3 Å². The van der Waals surface area contributed by atoms with E-state index in [2.05, 4.69) is 6.92 Å². The van der Waals surface area contributed by atoms with Crippen molar-refractivity contribution in [2.24, 2.45) is 11.8 Å². The molecule has 218 valence electrons. The molecule has 0 aromatic rings. The number of carbonyl (C=O) groups excluding carboxylic acids is 3. The summed E-state index contributed by atoms with van der Waals surface area (Å²) < 4.78 is 23.9. The molecule has 7 atom stereocenters. The first-order valence-electron chi connectivity index (χ1n) is 14.2. The number of nitrogens with one attached hydrogen (secondary N) is 1. The molecule has 9 heteroatoms. The topological polar surface area (TPSA) is 132 Å². The highest BCUT2D eigenvalue weighted by molar-refractivity contribution is 5.88. The number of fused-ring (bicyclic) bond motifs is 3. The molecule has 3 rings (SSSR count). The van der Waals surface area contributed by atoms with Crippen LogP contribution in [0.1, 0.15) is 99.8 Å². The Morgan fingerprint density at radius 3 is 2.41 bits per heavy atom. The summed E-state index contributed by atoms with van der Waals surface area (Å²) in [5, 5.41) is 20.2. The zero-order valence-corrected chi connectivity index (χ0v) is 24.4. The van der Waals surface area contributed by atoms with Crippen LogP contribution in [0, 0.1) is 17.2 Å². The molecule has 9 nitrogen and oxygen atoms in total. The lowest BCUT2D eigenvalue weighted by atomic mass is 9.79. The largest absolute Gasteiger partial charge is 0.470 e. The van der Waals surface area contributed by atoms with Gasteiger partial charge in [0.2, 0.25) is 0 Å². The second-order valence-corrected chi connectivity index (χ2v) is 11.5. The van der Waals surface area contributed by atoms with E-state index in [9.17, 15) is 19.5 Å². The first-order chi connectivity index (χ1) is 18.3. The van der Waals surface area contributed by atoms with Crippen LogP contribution in [-0.4, -0.2) is 58.4 Å². The summed E-state index contributed by atoms with van der Waals surface area (Å²) in [5.74, 6) is -2.87. The van der Waals surface area contributed by atoms with E-state index in [1.807, 2.05) is 0 Å². The Balaban J connectivity index is 2.07. The summed E-state index contributed by atoms with van der Waals surface area (Å²) in [5.41, 5.74) is -1.09. The Kier molecular flexibility index (Phi) is 9.68. The number of unbranched alkanes of at least 4 members (excludes halogenated alkanes) is 4. The minimum Gasteiger partial charge on any atom is -0.470 e. The molecule has 0 radical (unpaired) electrons. The van der Waals surface area contributed by atoms with Gasteiger partial charge in [-0.2, -0.15) is 0 Å². The van der Waals surface area contributed by atoms with Crippen molar-refractivity contribution in [1.82, 2.24) is 0 Å². The quantitative estimate of drug-likeness (QED) is 0.129. The Morgan fingerprint density at radius 1 is 1.13 bits per heavy atom. The van der Waals surface area contributed by atoms with Crippen LogP contribution in [-0.2, 0) is 33.3 Å². The smallest absolute Gasteiger partial charge is 0.334 e. The molecule has 1 aliphatic heterocycles. The van der Waals surface area contributed by atoms with Gasteiger partial charge in [-0.15, -0.1) is 0 Å². The fourth-order valence-electron chi connectivity index (χ4n) is 6.26. The summed E-state index contributed by atoms with van der Waals surface area (Å²) >= 11 is 0. The summed E-state index contributed by atoms with van der Waals surface area (Å²) in [7, 11) is 0. The Morgan fingerprint density at radius 2 is 1.79 bits per heavy atom. The average Bonchev–Trinajstić information content (AvgIpc) is 3.23. The van der Waals surface area contributed by atoms with Crippen molar-refractivity contribution in [1.29, 1.82) is 5.41 Å². The number of ether oxygens (including phenoxy) is 4. The third-order valence-electron chi connectivity index (χ3n) is 8.77. The van der Waals surface area contributed by atoms with Crippen LogP contribution in [0.3, 0.4) is 0 Å². The minimum atomic E-state index is -1.43. The van der Waals surface area contributed by atoms with Gasteiger partial charge >= 0.3 is 17.9 Å². The van der Waals surface area contributed by atoms with Crippen molar-refractivity contribution < 1.29 is 38.4 Å². The monoisotopic (exact) mass is 547 g/mol. The van der Waals surface area contributed by atoms with Gasteiger partial charge in [-0.05, 0) is 58.1 Å². The van der Waals surface area contributed by atoms with Gasteiger partial charge in [-0.3, -0.25) is 15.0 Å². The molecule has 2 aliphatic carbocycles. The number of allylic oxidation sites excluding steroid dienone is 1. The first-order valence-corrected chi connectivity index (χ1v) is 14.2. The third-order valence-corrected chi connectivity index (χ3v) is 8.77. The summed E-state index contributed by atoms with van der Waals surface area (Å²) in [6.45, 7) is 12.1. The van der Waals surface area contributed by atoms with Crippen molar-refractivity contribution in [2.75, 3.05) is 0 Å². The van der Waals surface area contributed by atoms with Crippen LogP contribution >= 0.6 is 0 Å². The van der Waals surface area contributed by atoms with E-state index >= 15 is 0 Å². The molecular formula is C30H45NO8. The predicted octanol–water partition coefficient (Wildman–Crippen LogP) is 4.94. The highest BCUT2D eigenvalue weighted by Crippen LogP contribution is 2.56. The molecule has 0 spiro atoms. The van der Waals surface area contributed by atoms with Gasteiger partial charge in [0.25, 0.3) is 0 Å². The number of carbonyl (C=O) groups is 3. The molecule has 0 amide bonds. The Hall–Kier alpha value is -2.68. The fraction of sp³-hybridized carbons (Fsp3) is 0.733. The molecule has 2 fully saturated rings. The van der Waals surface area contributed by atoms with Crippen LogP contribution in [0.5, 0.6) is 0 Å². The standard InChI is InChI=1S/C30H45NO8/c1-8-10-11-12-13-14-21(33)36-25-23-22(18(4)24(25)37-28(34)17(3)9-2)26-30(35,19(5)27(31)38-26)16-15-29(23,7)39-20(6)32/h9,19,23-26,31,35H,8,10-16H2,1-7H3. The molecule has 0 bridgehead atoms. The number of esters is 3. The second-order valence-electron chi connectivity index (χ2n) is 11.5. The number of hydrogen-bond acceptors (Lipinski definition) is 9. The SMILES string of the molecule is CC=C(C)C(=O)OC1C(C)=C2C(C1OC(=O)CCCCCCC)C(C)(OC(C)=O)CCC1(O)C(C)C(=N)OC21.